The molecule has 110 valence electrons. The molecule has 0 heterocycles. The Kier molecular flexibility index (Phi) is 5.11. The molecule has 1 rings (SSSR count). The highest BCUT2D eigenvalue weighted by atomic mass is 32.1. The number of hydrogen-bond acceptors (Lipinski definition) is 2. The molecule has 0 bridgehead atoms. The van der Waals surface area contributed by atoms with Crippen LogP contribution in [0.5, 0.6) is 0 Å². The molecule has 20 heavy (non-hydrogen) atoms. The Bertz CT molecular complexity index is 517. The maximum absolute atomic E-state index is 7.87. The van der Waals surface area contributed by atoms with E-state index in [-0.39, 0.29) is 11.5 Å². The number of guanidine groups is 1. The van der Waals surface area contributed by atoms with Crippen molar-refractivity contribution in [1.82, 2.24) is 5.32 Å². The molecule has 5 heteroatoms. The summed E-state index contributed by atoms with van der Waals surface area (Å²) in [4.78, 5) is 1.61. The average molecular weight is 292 g/mol. The van der Waals surface area contributed by atoms with Crippen molar-refractivity contribution < 1.29 is 0 Å². The third kappa shape index (κ3) is 3.93. The fraction of sp³-hybridized carbons (Fsp3) is 0.467. The molecule has 0 spiro atoms. The largest absolute Gasteiger partial charge is 0.369 e. The minimum Gasteiger partial charge on any atom is -0.369 e. The fourth-order valence-corrected chi connectivity index (χ4v) is 2.53. The normalized spacial score (nSPS) is 11.1. The SMILES string of the molecule is CCc1cccc(C)c1N(C(=N)N)C(=S)NC(C)(C)C. The van der Waals surface area contributed by atoms with Crippen LogP contribution in [-0.4, -0.2) is 16.6 Å². The number of nitrogens with one attached hydrogen (secondary N) is 2. The zero-order valence-corrected chi connectivity index (χ0v) is 13.7. The van der Waals surface area contributed by atoms with E-state index in [4.69, 9.17) is 23.4 Å². The summed E-state index contributed by atoms with van der Waals surface area (Å²) >= 11 is 5.44. The van der Waals surface area contributed by atoms with E-state index in [1.54, 1.807) is 4.90 Å². The number of thiocarbonyl (C=S) groups is 1. The number of hydrogen-bond donors (Lipinski definition) is 3. The third-order valence-corrected chi connectivity index (χ3v) is 3.14. The molecule has 0 fully saturated rings. The van der Waals surface area contributed by atoms with Gasteiger partial charge in [0.05, 0.1) is 5.69 Å². The first-order chi connectivity index (χ1) is 9.17. The first-order valence-corrected chi connectivity index (χ1v) is 7.13. The highest BCUT2D eigenvalue weighted by Crippen LogP contribution is 2.26. The second-order valence-electron chi connectivity index (χ2n) is 5.84. The van der Waals surface area contributed by atoms with Crippen molar-refractivity contribution in [2.75, 3.05) is 4.90 Å². The second kappa shape index (κ2) is 6.22. The monoisotopic (exact) mass is 292 g/mol. The van der Waals surface area contributed by atoms with Gasteiger partial charge in [0.25, 0.3) is 0 Å². The summed E-state index contributed by atoms with van der Waals surface area (Å²) in [6, 6.07) is 6.05. The molecular formula is C15H24N4S. The Labute approximate surface area is 126 Å². The van der Waals surface area contributed by atoms with Crippen LogP contribution in [0.4, 0.5) is 5.69 Å². The van der Waals surface area contributed by atoms with Crippen molar-refractivity contribution in [3.8, 4) is 0 Å². The first kappa shape index (κ1) is 16.4. The number of aryl methyl sites for hydroxylation is 2. The van der Waals surface area contributed by atoms with Gasteiger partial charge in [0.15, 0.2) is 11.1 Å². The summed E-state index contributed by atoms with van der Waals surface area (Å²) in [7, 11) is 0. The standard InChI is InChI=1S/C15H24N4S/c1-6-11-9-7-8-10(2)12(11)19(13(16)17)14(20)18-15(3,4)5/h7-9H,6H2,1-5H3,(H3,16,17)(H,18,20). The summed E-state index contributed by atoms with van der Waals surface area (Å²) < 4.78 is 0. The van der Waals surface area contributed by atoms with Crippen LogP contribution in [0.15, 0.2) is 18.2 Å². The molecule has 0 atom stereocenters. The fourth-order valence-electron chi connectivity index (χ4n) is 2.03. The molecule has 0 saturated carbocycles. The lowest BCUT2D eigenvalue weighted by Gasteiger charge is -2.32. The molecule has 4 nitrogen and oxygen atoms in total. The van der Waals surface area contributed by atoms with Gasteiger partial charge in [0.1, 0.15) is 0 Å². The van der Waals surface area contributed by atoms with Gasteiger partial charge in [0.2, 0.25) is 0 Å². The van der Waals surface area contributed by atoms with Gasteiger partial charge < -0.3 is 11.1 Å². The lowest BCUT2D eigenvalue weighted by atomic mass is 10.0. The summed E-state index contributed by atoms with van der Waals surface area (Å²) in [5.41, 5.74) is 8.67. The molecule has 0 aliphatic heterocycles. The highest BCUT2D eigenvalue weighted by Gasteiger charge is 2.23. The van der Waals surface area contributed by atoms with E-state index >= 15 is 0 Å². The van der Waals surface area contributed by atoms with Crippen molar-refractivity contribution >= 4 is 29.0 Å². The van der Waals surface area contributed by atoms with E-state index in [0.29, 0.717) is 5.11 Å². The number of nitrogens with zero attached hydrogens (tertiary/aromatic N) is 1. The smallest absolute Gasteiger partial charge is 0.199 e. The molecule has 0 unspecified atom stereocenters. The van der Waals surface area contributed by atoms with E-state index in [9.17, 15) is 0 Å². The molecule has 0 amide bonds. The van der Waals surface area contributed by atoms with Crippen LogP contribution in [0.25, 0.3) is 0 Å². The van der Waals surface area contributed by atoms with Crippen LogP contribution in [0.2, 0.25) is 0 Å². The van der Waals surface area contributed by atoms with Crippen LogP contribution in [0.3, 0.4) is 0 Å². The van der Waals surface area contributed by atoms with E-state index in [2.05, 4.69) is 12.2 Å². The van der Waals surface area contributed by atoms with Gasteiger partial charge in [0, 0.05) is 5.54 Å². The Hall–Kier alpha value is -1.62. The van der Waals surface area contributed by atoms with Crippen molar-refractivity contribution in [3.05, 3.63) is 29.3 Å². The maximum atomic E-state index is 7.87. The quantitative estimate of drug-likeness (QED) is 0.445. The molecule has 0 aliphatic carbocycles. The van der Waals surface area contributed by atoms with Crippen LogP contribution < -0.4 is 16.0 Å². The zero-order chi connectivity index (χ0) is 15.5. The summed E-state index contributed by atoms with van der Waals surface area (Å²) in [6.07, 6.45) is 0.860. The first-order valence-electron chi connectivity index (χ1n) is 6.72. The maximum Gasteiger partial charge on any atom is 0.199 e. The molecule has 0 radical (unpaired) electrons. The van der Waals surface area contributed by atoms with Gasteiger partial charge in [-0.3, -0.25) is 10.3 Å². The van der Waals surface area contributed by atoms with E-state index in [0.717, 1.165) is 23.2 Å². The van der Waals surface area contributed by atoms with Gasteiger partial charge in [-0.05, 0) is 57.5 Å². The van der Waals surface area contributed by atoms with Gasteiger partial charge >= 0.3 is 0 Å². The van der Waals surface area contributed by atoms with Crippen LogP contribution >= 0.6 is 12.2 Å². The summed E-state index contributed by atoms with van der Waals surface area (Å²) in [5.74, 6) is -0.0734. The minimum absolute atomic E-state index is 0.0734. The van der Waals surface area contributed by atoms with E-state index < -0.39 is 0 Å². The van der Waals surface area contributed by atoms with Crippen molar-refractivity contribution in [3.63, 3.8) is 0 Å². The van der Waals surface area contributed by atoms with Crippen molar-refractivity contribution in [1.29, 1.82) is 5.41 Å². The van der Waals surface area contributed by atoms with Crippen molar-refractivity contribution in [2.45, 2.75) is 46.6 Å². The van der Waals surface area contributed by atoms with E-state index in [1.807, 2.05) is 45.9 Å². The Balaban J connectivity index is 3.29. The Morgan fingerprint density at radius 1 is 1.40 bits per heavy atom. The van der Waals surface area contributed by atoms with E-state index in [1.165, 1.54) is 0 Å². The predicted molar refractivity (Wildman–Crippen MR) is 90.4 cm³/mol. The van der Waals surface area contributed by atoms with Crippen LogP contribution in [0.1, 0.15) is 38.8 Å². The topological polar surface area (TPSA) is 65.1 Å². The summed E-state index contributed by atoms with van der Waals surface area (Å²) in [6.45, 7) is 10.2. The molecule has 0 saturated heterocycles. The van der Waals surface area contributed by atoms with Gasteiger partial charge in [-0.25, -0.2) is 0 Å². The predicted octanol–water partition coefficient (Wildman–Crippen LogP) is 2.93. The second-order valence-corrected chi connectivity index (χ2v) is 6.22. The third-order valence-electron chi connectivity index (χ3n) is 2.85. The Morgan fingerprint density at radius 2 is 2.00 bits per heavy atom. The van der Waals surface area contributed by atoms with Crippen LogP contribution in [-0.2, 0) is 6.42 Å². The molecule has 4 N–H and O–H groups in total. The summed E-state index contributed by atoms with van der Waals surface area (Å²) in [5, 5.41) is 11.5. The number of rotatable bonds is 2. The number of para-hydroxylation sites is 1. The van der Waals surface area contributed by atoms with Crippen LogP contribution in [0, 0.1) is 12.3 Å². The zero-order valence-electron chi connectivity index (χ0n) is 12.9. The molecular weight excluding hydrogens is 268 g/mol. The molecule has 1 aromatic rings. The van der Waals surface area contributed by atoms with Gasteiger partial charge in [-0.15, -0.1) is 0 Å². The lowest BCUT2D eigenvalue weighted by Crippen LogP contribution is -2.53. The number of anilines is 1. The molecule has 1 aromatic carbocycles. The molecule has 0 aliphatic rings. The highest BCUT2D eigenvalue weighted by molar-refractivity contribution is 7.80. The number of benzene rings is 1. The minimum atomic E-state index is -0.181. The van der Waals surface area contributed by atoms with Gasteiger partial charge in [-0.2, -0.15) is 0 Å². The lowest BCUT2D eigenvalue weighted by molar-refractivity contribution is 0.513. The van der Waals surface area contributed by atoms with Crippen molar-refractivity contribution in [2.24, 2.45) is 5.73 Å². The molecule has 0 aromatic heterocycles. The number of nitrogens with two attached hydrogens (primary N) is 1. The Morgan fingerprint density at radius 3 is 2.45 bits per heavy atom. The average Bonchev–Trinajstić information content (AvgIpc) is 2.28. The van der Waals surface area contributed by atoms with Gasteiger partial charge in [-0.1, -0.05) is 25.1 Å².